The first-order valence-corrected chi connectivity index (χ1v) is 13.6. The maximum absolute atomic E-state index is 13.3. The van der Waals surface area contributed by atoms with E-state index in [4.69, 9.17) is 37.4 Å². The van der Waals surface area contributed by atoms with Crippen molar-refractivity contribution in [3.8, 4) is 17.6 Å². The number of hydrogen-bond acceptors (Lipinski definition) is 8. The molecule has 0 unspecified atom stereocenters. The second-order valence-corrected chi connectivity index (χ2v) is 11.4. The van der Waals surface area contributed by atoms with E-state index >= 15 is 0 Å². The fourth-order valence-electron chi connectivity index (χ4n) is 3.90. The van der Waals surface area contributed by atoms with Gasteiger partial charge < -0.3 is 24.8 Å². The van der Waals surface area contributed by atoms with E-state index in [0.29, 0.717) is 49.1 Å². The van der Waals surface area contributed by atoms with Crippen LogP contribution >= 0.6 is 35.0 Å². The highest BCUT2D eigenvalue weighted by Crippen LogP contribution is 2.42. The number of amides is 1. The van der Waals surface area contributed by atoms with E-state index in [0.717, 1.165) is 11.8 Å². The number of carbonyl (C=O) groups is 2. The number of dihydropyridines is 1. The second-order valence-electron chi connectivity index (χ2n) is 9.53. The summed E-state index contributed by atoms with van der Waals surface area (Å²) >= 11 is 13.4. The number of halogens is 2. The van der Waals surface area contributed by atoms with Crippen LogP contribution in [-0.4, -0.2) is 37.4 Å². The summed E-state index contributed by atoms with van der Waals surface area (Å²) in [6.07, 6.45) is 0. The van der Waals surface area contributed by atoms with Crippen molar-refractivity contribution in [3.05, 3.63) is 73.9 Å². The zero-order valence-corrected chi connectivity index (χ0v) is 24.7. The Hall–Kier alpha value is -3.32. The first kappa shape index (κ1) is 30.2. The number of allylic oxidation sites excluding steroid dienone is 2. The summed E-state index contributed by atoms with van der Waals surface area (Å²) in [5.74, 6) is -0.887. The number of carbonyl (C=O) groups excluding carboxylic acids is 2. The summed E-state index contributed by atoms with van der Waals surface area (Å²) in [6.45, 7) is 7.07. The van der Waals surface area contributed by atoms with Gasteiger partial charge in [-0.3, -0.25) is 4.79 Å². The van der Waals surface area contributed by atoms with Crippen molar-refractivity contribution < 1.29 is 23.8 Å². The molecule has 0 saturated heterocycles. The topological polar surface area (TPSA) is 110 Å². The fraction of sp³-hybridized carbons (Fsp3) is 0.321. The molecule has 2 N–H and O–H groups in total. The normalized spacial score (nSPS) is 15.3. The zero-order valence-electron chi connectivity index (χ0n) is 22.4. The molecule has 0 aromatic heterocycles. The molecule has 1 amide bonds. The number of thioether (sulfide) groups is 1. The minimum absolute atomic E-state index is 0.0377. The molecule has 3 rings (SSSR count). The number of rotatable bonds is 8. The summed E-state index contributed by atoms with van der Waals surface area (Å²) in [5, 5.41) is 17.5. The highest BCUT2D eigenvalue weighted by Gasteiger charge is 2.37. The van der Waals surface area contributed by atoms with Crippen LogP contribution in [0.15, 0.2) is 58.3 Å². The van der Waals surface area contributed by atoms with Crippen LogP contribution in [0.5, 0.6) is 11.5 Å². The molecule has 0 bridgehead atoms. The van der Waals surface area contributed by atoms with Crippen LogP contribution in [0, 0.1) is 11.3 Å². The first-order valence-electron chi connectivity index (χ1n) is 11.8. The Morgan fingerprint density at radius 3 is 2.31 bits per heavy atom. The Balaban J connectivity index is 1.92. The van der Waals surface area contributed by atoms with Crippen molar-refractivity contribution >= 4 is 52.5 Å². The Morgan fingerprint density at radius 1 is 1.10 bits per heavy atom. The van der Waals surface area contributed by atoms with Gasteiger partial charge in [-0.2, -0.15) is 5.26 Å². The smallest absolute Gasteiger partial charge is 0.337 e. The number of ether oxygens (including phenoxy) is 3. The van der Waals surface area contributed by atoms with Crippen molar-refractivity contribution in [2.24, 2.45) is 0 Å². The van der Waals surface area contributed by atoms with Crippen LogP contribution in [0.4, 0.5) is 5.69 Å². The lowest BCUT2D eigenvalue weighted by Crippen LogP contribution is -2.32. The third-order valence-electron chi connectivity index (χ3n) is 5.57. The molecule has 1 atom stereocenters. The van der Waals surface area contributed by atoms with Gasteiger partial charge in [0.25, 0.3) is 0 Å². The highest BCUT2D eigenvalue weighted by atomic mass is 35.5. The summed E-state index contributed by atoms with van der Waals surface area (Å²) < 4.78 is 16.2. The number of nitriles is 1. The standard InChI is InChI=1S/C28H29Cl2N3O5S/c1-15-24(27(35)38-28(2,3)4)25(16-7-9-17(29)10-8-16)18(13-31)26(32-15)39-14-23(34)33-20-12-21(36-5)19(30)11-22(20)37-6/h7-12,25,32H,14H2,1-6H3,(H,33,34)/t25-/m1/s1. The maximum atomic E-state index is 13.3. The van der Waals surface area contributed by atoms with Gasteiger partial charge in [-0.05, 0) is 45.4 Å². The molecule has 1 aliphatic rings. The number of esters is 1. The third kappa shape index (κ3) is 7.41. The van der Waals surface area contributed by atoms with Gasteiger partial charge in [0.05, 0.1) is 58.8 Å². The molecule has 39 heavy (non-hydrogen) atoms. The van der Waals surface area contributed by atoms with Gasteiger partial charge in [0.1, 0.15) is 17.1 Å². The van der Waals surface area contributed by atoms with Crippen LogP contribution in [0.2, 0.25) is 10.0 Å². The molecule has 2 aromatic rings. The summed E-state index contributed by atoms with van der Waals surface area (Å²) in [5.41, 5.74) is 1.47. The lowest BCUT2D eigenvalue weighted by Gasteiger charge is -2.31. The Labute approximate surface area is 242 Å². The van der Waals surface area contributed by atoms with Crippen molar-refractivity contribution in [1.29, 1.82) is 5.26 Å². The van der Waals surface area contributed by atoms with Crippen molar-refractivity contribution in [2.75, 3.05) is 25.3 Å². The van der Waals surface area contributed by atoms with Crippen LogP contribution in [0.3, 0.4) is 0 Å². The predicted octanol–water partition coefficient (Wildman–Crippen LogP) is 6.42. The van der Waals surface area contributed by atoms with Gasteiger partial charge in [0.15, 0.2) is 0 Å². The highest BCUT2D eigenvalue weighted by molar-refractivity contribution is 8.03. The Morgan fingerprint density at radius 2 is 1.74 bits per heavy atom. The SMILES string of the molecule is COc1cc(NC(=O)CSC2=C(C#N)[C@@H](c3ccc(Cl)cc3)C(C(=O)OC(C)(C)C)=C(C)N2)c(OC)cc1Cl. The lowest BCUT2D eigenvalue weighted by atomic mass is 9.82. The number of anilines is 1. The third-order valence-corrected chi connectivity index (χ3v) is 7.13. The van der Waals surface area contributed by atoms with Crippen molar-refractivity contribution in [1.82, 2.24) is 5.32 Å². The van der Waals surface area contributed by atoms with E-state index in [1.165, 1.54) is 14.2 Å². The average molecular weight is 591 g/mol. The van der Waals surface area contributed by atoms with Crippen LogP contribution in [0.1, 0.15) is 39.2 Å². The summed E-state index contributed by atoms with van der Waals surface area (Å²) in [4.78, 5) is 26.2. The van der Waals surface area contributed by atoms with E-state index in [-0.39, 0.29) is 17.2 Å². The quantitative estimate of drug-likeness (QED) is 0.339. The van der Waals surface area contributed by atoms with Gasteiger partial charge in [0, 0.05) is 22.9 Å². The second kappa shape index (κ2) is 12.7. The molecule has 0 aliphatic carbocycles. The molecule has 8 nitrogen and oxygen atoms in total. The van der Waals surface area contributed by atoms with E-state index in [9.17, 15) is 14.9 Å². The lowest BCUT2D eigenvalue weighted by molar-refractivity contribution is -0.150. The number of benzene rings is 2. The monoisotopic (exact) mass is 589 g/mol. The van der Waals surface area contributed by atoms with Gasteiger partial charge in [-0.15, -0.1) is 0 Å². The molecule has 206 valence electrons. The van der Waals surface area contributed by atoms with Crippen LogP contribution < -0.4 is 20.1 Å². The van der Waals surface area contributed by atoms with Crippen LogP contribution in [0.25, 0.3) is 0 Å². The number of methoxy groups -OCH3 is 2. The molecule has 0 spiro atoms. The minimum atomic E-state index is -0.732. The predicted molar refractivity (Wildman–Crippen MR) is 154 cm³/mol. The molecule has 2 aromatic carbocycles. The van der Waals surface area contributed by atoms with Crippen molar-refractivity contribution in [3.63, 3.8) is 0 Å². The van der Waals surface area contributed by atoms with Crippen LogP contribution in [-0.2, 0) is 14.3 Å². The van der Waals surface area contributed by atoms with Gasteiger partial charge in [-0.25, -0.2) is 4.79 Å². The minimum Gasteiger partial charge on any atom is -0.495 e. The molecule has 0 radical (unpaired) electrons. The number of nitrogens with zero attached hydrogens (tertiary/aromatic N) is 1. The molecule has 0 fully saturated rings. The van der Waals surface area contributed by atoms with E-state index in [1.54, 1.807) is 64.1 Å². The van der Waals surface area contributed by atoms with Gasteiger partial charge in [-0.1, -0.05) is 47.1 Å². The number of nitrogens with one attached hydrogen (secondary N) is 2. The molecular formula is C28H29Cl2N3O5S. The average Bonchev–Trinajstić information content (AvgIpc) is 2.87. The summed E-state index contributed by atoms with van der Waals surface area (Å²) in [6, 6.07) is 12.3. The molecule has 0 saturated carbocycles. The van der Waals surface area contributed by atoms with E-state index < -0.39 is 17.5 Å². The molecule has 11 heteroatoms. The van der Waals surface area contributed by atoms with Crippen molar-refractivity contribution in [2.45, 2.75) is 39.2 Å². The Kier molecular flexibility index (Phi) is 9.83. The molecule has 1 aliphatic heterocycles. The fourth-order valence-corrected chi connectivity index (χ4v) is 5.15. The summed E-state index contributed by atoms with van der Waals surface area (Å²) in [7, 11) is 2.94. The molecular weight excluding hydrogens is 561 g/mol. The Bertz CT molecular complexity index is 1380. The van der Waals surface area contributed by atoms with E-state index in [2.05, 4.69) is 16.7 Å². The maximum Gasteiger partial charge on any atom is 0.337 e. The zero-order chi connectivity index (χ0) is 28.9. The van der Waals surface area contributed by atoms with Gasteiger partial charge in [0.2, 0.25) is 5.91 Å². The number of hydrogen-bond donors (Lipinski definition) is 2. The van der Waals surface area contributed by atoms with Gasteiger partial charge >= 0.3 is 5.97 Å². The van der Waals surface area contributed by atoms with E-state index in [1.807, 2.05) is 0 Å². The first-order chi connectivity index (χ1) is 18.4. The largest absolute Gasteiger partial charge is 0.495 e. The molecule has 1 heterocycles.